The van der Waals surface area contributed by atoms with Crippen LogP contribution in [-0.4, -0.2) is 49.1 Å². The van der Waals surface area contributed by atoms with Crippen LogP contribution >= 0.6 is 0 Å². The molecule has 26 heavy (non-hydrogen) atoms. The van der Waals surface area contributed by atoms with E-state index < -0.39 is 5.91 Å². The minimum absolute atomic E-state index is 0.106. The molecule has 0 aromatic heterocycles. The van der Waals surface area contributed by atoms with Gasteiger partial charge in [-0.2, -0.15) is 0 Å². The molecule has 1 aliphatic heterocycles. The summed E-state index contributed by atoms with van der Waals surface area (Å²) in [5.41, 5.74) is 6.95. The summed E-state index contributed by atoms with van der Waals surface area (Å²) in [4.78, 5) is 25.7. The summed E-state index contributed by atoms with van der Waals surface area (Å²) in [6.07, 6.45) is 2.85. The topological polar surface area (TPSA) is 84.7 Å². The van der Waals surface area contributed by atoms with Gasteiger partial charge < -0.3 is 15.8 Å². The molecule has 0 spiro atoms. The van der Waals surface area contributed by atoms with Gasteiger partial charge in [-0.1, -0.05) is 12.1 Å². The van der Waals surface area contributed by atoms with Gasteiger partial charge in [-0.05, 0) is 63.9 Å². The van der Waals surface area contributed by atoms with E-state index in [0.29, 0.717) is 18.7 Å². The van der Waals surface area contributed by atoms with Crippen molar-refractivity contribution in [1.29, 1.82) is 0 Å². The zero-order valence-electron chi connectivity index (χ0n) is 15.9. The van der Waals surface area contributed by atoms with Crippen molar-refractivity contribution in [3.05, 3.63) is 35.4 Å². The van der Waals surface area contributed by atoms with E-state index in [1.807, 2.05) is 26.0 Å². The molecule has 0 atom stereocenters. The van der Waals surface area contributed by atoms with Gasteiger partial charge in [0.1, 0.15) is 0 Å². The van der Waals surface area contributed by atoms with Gasteiger partial charge in [-0.3, -0.25) is 14.5 Å². The lowest BCUT2D eigenvalue weighted by Gasteiger charge is -2.31. The maximum atomic E-state index is 12.2. The van der Waals surface area contributed by atoms with Crippen LogP contribution in [0.4, 0.5) is 0 Å². The molecule has 1 saturated heterocycles. The fourth-order valence-corrected chi connectivity index (χ4v) is 3.13. The van der Waals surface area contributed by atoms with Gasteiger partial charge in [0.25, 0.3) is 0 Å². The van der Waals surface area contributed by atoms with Gasteiger partial charge in [0.05, 0.1) is 6.10 Å². The minimum Gasteiger partial charge on any atom is -0.379 e. The predicted molar refractivity (Wildman–Crippen MR) is 102 cm³/mol. The Bertz CT molecular complexity index is 578. The van der Waals surface area contributed by atoms with Crippen LogP contribution in [0.1, 0.15) is 49.0 Å². The normalized spacial score (nSPS) is 16.0. The summed E-state index contributed by atoms with van der Waals surface area (Å²) in [5.74, 6) is -0.131. The van der Waals surface area contributed by atoms with Crippen molar-refractivity contribution in [3.8, 4) is 0 Å². The molecule has 1 fully saturated rings. The van der Waals surface area contributed by atoms with Crippen LogP contribution in [0.3, 0.4) is 0 Å². The summed E-state index contributed by atoms with van der Waals surface area (Å²) < 4.78 is 5.48. The first kappa shape index (κ1) is 20.4. The Hall–Kier alpha value is -1.92. The molecule has 6 heteroatoms. The zero-order valence-corrected chi connectivity index (χ0v) is 15.9. The Balaban J connectivity index is 1.66. The Morgan fingerprint density at radius 1 is 1.23 bits per heavy atom. The van der Waals surface area contributed by atoms with E-state index >= 15 is 0 Å². The third kappa shape index (κ3) is 6.77. The van der Waals surface area contributed by atoms with Crippen molar-refractivity contribution in [2.24, 2.45) is 11.7 Å². The molecular formula is C20H31N3O3. The highest BCUT2D eigenvalue weighted by Crippen LogP contribution is 2.19. The summed E-state index contributed by atoms with van der Waals surface area (Å²) in [6.45, 7) is 8.04. The van der Waals surface area contributed by atoms with Crippen LogP contribution in [-0.2, 0) is 16.1 Å². The average Bonchev–Trinajstić information content (AvgIpc) is 2.62. The number of carbonyl (C=O) groups excluding carboxylic acids is 2. The van der Waals surface area contributed by atoms with Crippen LogP contribution in [0.2, 0.25) is 0 Å². The first-order valence-electron chi connectivity index (χ1n) is 9.46. The third-order valence-corrected chi connectivity index (χ3v) is 4.67. The summed E-state index contributed by atoms with van der Waals surface area (Å²) in [5, 5.41) is 3.03. The van der Waals surface area contributed by atoms with Crippen molar-refractivity contribution >= 4 is 11.8 Å². The van der Waals surface area contributed by atoms with E-state index in [2.05, 4.69) is 10.2 Å². The molecular weight excluding hydrogens is 330 g/mol. The van der Waals surface area contributed by atoms with Crippen LogP contribution in [0, 0.1) is 5.92 Å². The highest BCUT2D eigenvalue weighted by atomic mass is 16.5. The lowest BCUT2D eigenvalue weighted by molar-refractivity contribution is -0.126. The molecule has 3 N–H and O–H groups in total. The number of carbonyl (C=O) groups is 2. The van der Waals surface area contributed by atoms with E-state index in [0.717, 1.165) is 44.5 Å². The van der Waals surface area contributed by atoms with Gasteiger partial charge in [-0.15, -0.1) is 0 Å². The second-order valence-electron chi connectivity index (χ2n) is 7.18. The van der Waals surface area contributed by atoms with Crippen LogP contribution in [0.5, 0.6) is 0 Å². The molecule has 2 amide bonds. The zero-order chi connectivity index (χ0) is 18.9. The predicted octanol–water partition coefficient (Wildman–Crippen LogP) is 1.93. The van der Waals surface area contributed by atoms with E-state index in [4.69, 9.17) is 10.5 Å². The number of primary amides is 1. The van der Waals surface area contributed by atoms with Gasteiger partial charge in [0.2, 0.25) is 11.8 Å². The molecule has 0 radical (unpaired) electrons. The molecule has 0 unspecified atom stereocenters. The fraction of sp³-hybridized carbons (Fsp3) is 0.600. The standard InChI is InChI=1S/C20H31N3O3/c1-15(2)26-13-3-10-22-20(25)18-8-11-23(12-9-18)14-16-4-6-17(7-5-16)19(21)24/h4-7,15,18H,3,8-14H2,1-2H3,(H2,21,24)(H,22,25). The number of nitrogens with two attached hydrogens (primary N) is 1. The van der Waals surface area contributed by atoms with E-state index in [1.54, 1.807) is 12.1 Å². The highest BCUT2D eigenvalue weighted by molar-refractivity contribution is 5.92. The lowest BCUT2D eigenvalue weighted by Crippen LogP contribution is -2.40. The third-order valence-electron chi connectivity index (χ3n) is 4.67. The summed E-state index contributed by atoms with van der Waals surface area (Å²) >= 11 is 0. The highest BCUT2D eigenvalue weighted by Gasteiger charge is 2.24. The molecule has 1 aromatic carbocycles. The number of likely N-dealkylation sites (tertiary alicyclic amines) is 1. The molecule has 0 bridgehead atoms. The first-order valence-corrected chi connectivity index (χ1v) is 9.46. The summed E-state index contributed by atoms with van der Waals surface area (Å²) in [6, 6.07) is 7.41. The number of nitrogens with one attached hydrogen (secondary N) is 1. The number of nitrogens with zero attached hydrogens (tertiary/aromatic N) is 1. The second-order valence-corrected chi connectivity index (χ2v) is 7.18. The minimum atomic E-state index is -0.404. The molecule has 0 aliphatic carbocycles. The van der Waals surface area contributed by atoms with E-state index in [9.17, 15) is 9.59 Å². The van der Waals surface area contributed by atoms with Crippen molar-refractivity contribution in [1.82, 2.24) is 10.2 Å². The first-order chi connectivity index (χ1) is 12.5. The van der Waals surface area contributed by atoms with Crippen LogP contribution in [0.15, 0.2) is 24.3 Å². The molecule has 1 heterocycles. The fourth-order valence-electron chi connectivity index (χ4n) is 3.13. The van der Waals surface area contributed by atoms with Crippen molar-refractivity contribution in [2.45, 2.75) is 45.8 Å². The van der Waals surface area contributed by atoms with Gasteiger partial charge in [0.15, 0.2) is 0 Å². The molecule has 0 saturated carbocycles. The van der Waals surface area contributed by atoms with E-state index in [-0.39, 0.29) is 17.9 Å². The quantitative estimate of drug-likeness (QED) is 0.658. The number of hydrogen-bond acceptors (Lipinski definition) is 4. The van der Waals surface area contributed by atoms with Gasteiger partial charge >= 0.3 is 0 Å². The monoisotopic (exact) mass is 361 g/mol. The molecule has 144 valence electrons. The smallest absolute Gasteiger partial charge is 0.248 e. The Kier molecular flexibility index (Phi) is 8.06. The average molecular weight is 361 g/mol. The largest absolute Gasteiger partial charge is 0.379 e. The van der Waals surface area contributed by atoms with Crippen molar-refractivity contribution < 1.29 is 14.3 Å². The van der Waals surface area contributed by atoms with Crippen molar-refractivity contribution in [2.75, 3.05) is 26.2 Å². The Morgan fingerprint density at radius 2 is 1.88 bits per heavy atom. The molecule has 1 aliphatic rings. The van der Waals surface area contributed by atoms with Gasteiger partial charge in [0, 0.05) is 31.2 Å². The van der Waals surface area contributed by atoms with Gasteiger partial charge in [-0.25, -0.2) is 0 Å². The van der Waals surface area contributed by atoms with E-state index in [1.165, 1.54) is 0 Å². The summed E-state index contributed by atoms with van der Waals surface area (Å²) in [7, 11) is 0. The number of piperidine rings is 1. The number of hydrogen-bond donors (Lipinski definition) is 2. The van der Waals surface area contributed by atoms with Crippen LogP contribution in [0.25, 0.3) is 0 Å². The number of rotatable bonds is 9. The number of benzene rings is 1. The number of ether oxygens (including phenoxy) is 1. The maximum absolute atomic E-state index is 12.2. The lowest BCUT2D eigenvalue weighted by atomic mass is 9.95. The Labute approximate surface area is 156 Å². The molecule has 6 nitrogen and oxygen atoms in total. The maximum Gasteiger partial charge on any atom is 0.248 e. The Morgan fingerprint density at radius 3 is 2.46 bits per heavy atom. The van der Waals surface area contributed by atoms with Crippen molar-refractivity contribution in [3.63, 3.8) is 0 Å². The van der Waals surface area contributed by atoms with Crippen LogP contribution < -0.4 is 11.1 Å². The molecule has 1 aromatic rings. The SMILES string of the molecule is CC(C)OCCCNC(=O)C1CCN(Cc2ccc(C(N)=O)cc2)CC1. The molecule has 2 rings (SSSR count). The second kappa shape index (κ2) is 10.3. The number of amides is 2.